The van der Waals surface area contributed by atoms with Crippen LogP contribution in [-0.4, -0.2) is 124 Å². The van der Waals surface area contributed by atoms with Crippen molar-refractivity contribution in [1.29, 1.82) is 0 Å². The van der Waals surface area contributed by atoms with Crippen molar-refractivity contribution >= 4 is 35.4 Å². The Morgan fingerprint density at radius 3 is 1.56 bits per heavy atom. The fraction of sp³-hybridized carbons (Fsp3) is 0.707. The third-order valence-electron chi connectivity index (χ3n) is 10.6. The van der Waals surface area contributed by atoms with Crippen LogP contribution in [0.4, 0.5) is 0 Å². The first-order valence-electron chi connectivity index (χ1n) is 19.7. The first kappa shape index (κ1) is 44.2. The summed E-state index contributed by atoms with van der Waals surface area (Å²) in [6, 6.07) is 0.570. The van der Waals surface area contributed by atoms with E-state index in [9.17, 15) is 33.9 Å². The smallest absolute Gasteiger partial charge is 0.246 e. The number of rotatable bonds is 10. The summed E-state index contributed by atoms with van der Waals surface area (Å²) in [5, 5.41) is 15.8. The van der Waals surface area contributed by atoms with Crippen LogP contribution in [0.1, 0.15) is 99.5 Å². The molecule has 13 heteroatoms. The second kappa shape index (κ2) is 19.4. The SMILES string of the molecule is CC(C)C[C@@H]1C(=O)N(C)[C@H](CC(C)C)C(=O)N[C@H](CC(C)C)C(=O)N(C)[C@@H](CC(C)C)C(=O)N2CCC[C@H]2C(=O)N[C@@H](Cc2ccc(O)cc2)C(=O)N1C. The van der Waals surface area contributed by atoms with Gasteiger partial charge >= 0.3 is 0 Å². The molecule has 0 spiro atoms. The predicted molar refractivity (Wildman–Crippen MR) is 208 cm³/mol. The summed E-state index contributed by atoms with van der Waals surface area (Å²) >= 11 is 0. The van der Waals surface area contributed by atoms with Crippen LogP contribution >= 0.6 is 0 Å². The highest BCUT2D eigenvalue weighted by molar-refractivity contribution is 5.98. The van der Waals surface area contributed by atoms with Crippen molar-refractivity contribution in [2.24, 2.45) is 23.7 Å². The Bertz CT molecular complexity index is 1480. The highest BCUT2D eigenvalue weighted by Gasteiger charge is 2.44. The number of hydrogen-bond donors (Lipinski definition) is 3. The van der Waals surface area contributed by atoms with Gasteiger partial charge in [-0.05, 0) is 79.9 Å². The number of carbonyl (C=O) groups excluding carboxylic acids is 6. The summed E-state index contributed by atoms with van der Waals surface area (Å²) in [4.78, 5) is 92.3. The minimum atomic E-state index is -1.11. The van der Waals surface area contributed by atoms with Crippen LogP contribution in [0.2, 0.25) is 0 Å². The summed E-state index contributed by atoms with van der Waals surface area (Å²) in [5.74, 6) is -2.57. The van der Waals surface area contributed by atoms with E-state index in [1.54, 1.807) is 33.3 Å². The number of carbonyl (C=O) groups is 6. The van der Waals surface area contributed by atoms with Gasteiger partial charge in [0.25, 0.3) is 0 Å². The molecule has 0 saturated carbocycles. The van der Waals surface area contributed by atoms with Crippen molar-refractivity contribution in [3.63, 3.8) is 0 Å². The third kappa shape index (κ3) is 11.4. The van der Waals surface area contributed by atoms with E-state index in [4.69, 9.17) is 0 Å². The summed E-state index contributed by atoms with van der Waals surface area (Å²) in [6.07, 6.45) is 2.26. The van der Waals surface area contributed by atoms with Crippen molar-refractivity contribution in [3.8, 4) is 5.75 Å². The fourth-order valence-electron chi connectivity index (χ4n) is 7.61. The van der Waals surface area contributed by atoms with E-state index < -0.39 is 65.8 Å². The van der Waals surface area contributed by atoms with Crippen LogP contribution in [0, 0.1) is 23.7 Å². The molecule has 2 aliphatic rings. The number of aromatic hydroxyl groups is 1. The molecule has 2 heterocycles. The number of likely N-dealkylation sites (N-methyl/N-ethyl adjacent to an activating group) is 3. The van der Waals surface area contributed by atoms with Crippen LogP contribution in [0.5, 0.6) is 5.75 Å². The molecule has 6 amide bonds. The van der Waals surface area contributed by atoms with Crippen LogP contribution in [-0.2, 0) is 35.2 Å². The summed E-state index contributed by atoms with van der Waals surface area (Å²) < 4.78 is 0. The van der Waals surface area contributed by atoms with Crippen molar-refractivity contribution in [1.82, 2.24) is 30.2 Å². The molecule has 0 aromatic heterocycles. The lowest BCUT2D eigenvalue weighted by Gasteiger charge is -2.39. The topological polar surface area (TPSA) is 160 Å². The lowest BCUT2D eigenvalue weighted by atomic mass is 9.95. The van der Waals surface area contributed by atoms with Gasteiger partial charge in [-0.2, -0.15) is 0 Å². The molecule has 1 aromatic rings. The first-order valence-corrected chi connectivity index (χ1v) is 19.7. The first-order chi connectivity index (χ1) is 25.2. The second-order valence-electron chi connectivity index (χ2n) is 17.1. The normalized spacial score (nSPS) is 25.8. The Balaban J connectivity index is 2.23. The third-order valence-corrected chi connectivity index (χ3v) is 10.6. The zero-order valence-corrected chi connectivity index (χ0v) is 34.4. The lowest BCUT2D eigenvalue weighted by molar-refractivity contribution is -0.152. The van der Waals surface area contributed by atoms with Crippen molar-refractivity contribution in [2.45, 2.75) is 137 Å². The number of phenols is 1. The van der Waals surface area contributed by atoms with Gasteiger partial charge in [0, 0.05) is 34.1 Å². The average Bonchev–Trinajstić information content (AvgIpc) is 3.59. The maximum atomic E-state index is 14.6. The van der Waals surface area contributed by atoms with Gasteiger partial charge in [-0.1, -0.05) is 67.5 Å². The quantitative estimate of drug-likeness (QED) is 0.330. The molecule has 0 aliphatic carbocycles. The molecule has 2 saturated heterocycles. The number of benzene rings is 1. The largest absolute Gasteiger partial charge is 0.508 e. The minimum absolute atomic E-state index is 0.00467. The lowest BCUT2D eigenvalue weighted by Crippen LogP contribution is -2.62. The number of fused-ring (bicyclic) bond motifs is 1. The number of amides is 6. The van der Waals surface area contributed by atoms with Gasteiger partial charge in [-0.25, -0.2) is 0 Å². The van der Waals surface area contributed by atoms with Crippen LogP contribution < -0.4 is 10.6 Å². The molecule has 13 nitrogen and oxygen atoms in total. The highest BCUT2D eigenvalue weighted by Crippen LogP contribution is 2.25. The van der Waals surface area contributed by atoms with E-state index in [0.717, 1.165) is 0 Å². The standard InChI is InChI=1S/C41H66N6O7/c1-24(2)19-30-38(51)46(11)35(22-27(7)8)41(54)47-18-12-13-32(47)36(49)43-31(23-28-14-16-29(48)17-15-28)39(52)45(10)34(21-26(5)6)40(53)44(9)33(20-25(3)4)37(50)42-30/h14-17,24-27,30-35,48H,12-13,18-23H2,1-11H3,(H,42,50)(H,43,49)/t30-,31+,32+,33-,34-,35+/m1/s1. The molecule has 3 N–H and O–H groups in total. The van der Waals surface area contributed by atoms with Gasteiger partial charge in [0.2, 0.25) is 35.4 Å². The Morgan fingerprint density at radius 1 is 0.593 bits per heavy atom. The van der Waals surface area contributed by atoms with E-state index in [2.05, 4.69) is 10.6 Å². The van der Waals surface area contributed by atoms with Crippen LogP contribution in [0.25, 0.3) is 0 Å². The van der Waals surface area contributed by atoms with Crippen molar-refractivity contribution < 1.29 is 33.9 Å². The average molecular weight is 755 g/mol. The Labute approximate surface area is 322 Å². The van der Waals surface area contributed by atoms with Gasteiger partial charge in [-0.3, -0.25) is 28.8 Å². The van der Waals surface area contributed by atoms with Crippen molar-refractivity contribution in [2.75, 3.05) is 27.7 Å². The Hall–Kier alpha value is -4.16. The van der Waals surface area contributed by atoms with Gasteiger partial charge < -0.3 is 35.3 Å². The zero-order chi connectivity index (χ0) is 40.6. The van der Waals surface area contributed by atoms with E-state index in [-0.39, 0.29) is 41.7 Å². The molecule has 1 aromatic carbocycles. The number of nitrogens with zero attached hydrogens (tertiary/aromatic N) is 4. The molecule has 6 atom stereocenters. The van der Waals surface area contributed by atoms with E-state index in [0.29, 0.717) is 50.6 Å². The molecular weight excluding hydrogens is 688 g/mol. The van der Waals surface area contributed by atoms with Gasteiger partial charge in [0.1, 0.15) is 42.0 Å². The molecular formula is C41H66N6O7. The maximum absolute atomic E-state index is 14.6. The number of nitrogens with one attached hydrogen (secondary N) is 2. The predicted octanol–water partition coefficient (Wildman–Crippen LogP) is 3.57. The van der Waals surface area contributed by atoms with Gasteiger partial charge in [0.15, 0.2) is 0 Å². The van der Waals surface area contributed by atoms with Crippen LogP contribution in [0.15, 0.2) is 24.3 Å². The minimum Gasteiger partial charge on any atom is -0.508 e. The summed E-state index contributed by atoms with van der Waals surface area (Å²) in [6.45, 7) is 15.9. The maximum Gasteiger partial charge on any atom is 0.246 e. The zero-order valence-electron chi connectivity index (χ0n) is 34.4. The summed E-state index contributed by atoms with van der Waals surface area (Å²) in [5.41, 5.74) is 0.673. The van der Waals surface area contributed by atoms with Crippen molar-refractivity contribution in [3.05, 3.63) is 29.8 Å². The van der Waals surface area contributed by atoms with E-state index in [1.165, 1.54) is 31.7 Å². The Kier molecular flexibility index (Phi) is 15.9. The van der Waals surface area contributed by atoms with Crippen LogP contribution in [0.3, 0.4) is 0 Å². The molecule has 3 rings (SSSR count). The molecule has 0 unspecified atom stereocenters. The molecule has 302 valence electrons. The van der Waals surface area contributed by atoms with E-state index >= 15 is 0 Å². The monoisotopic (exact) mass is 754 g/mol. The highest BCUT2D eigenvalue weighted by atomic mass is 16.3. The molecule has 2 fully saturated rings. The van der Waals surface area contributed by atoms with Gasteiger partial charge in [0.05, 0.1) is 0 Å². The molecule has 0 radical (unpaired) electrons. The van der Waals surface area contributed by atoms with E-state index in [1.807, 2.05) is 55.4 Å². The number of hydrogen-bond acceptors (Lipinski definition) is 7. The fourth-order valence-corrected chi connectivity index (χ4v) is 7.61. The molecule has 0 bridgehead atoms. The number of phenolic OH excluding ortho intramolecular Hbond substituents is 1. The second-order valence-corrected chi connectivity index (χ2v) is 17.1. The molecule has 2 aliphatic heterocycles. The summed E-state index contributed by atoms with van der Waals surface area (Å²) in [7, 11) is 4.68. The Morgan fingerprint density at radius 2 is 1.04 bits per heavy atom. The molecule has 54 heavy (non-hydrogen) atoms. The van der Waals surface area contributed by atoms with Gasteiger partial charge in [-0.15, -0.1) is 0 Å².